The maximum Gasteiger partial charge on any atom is 0.165 e. The summed E-state index contributed by atoms with van der Waals surface area (Å²) in [7, 11) is 0. The zero-order valence-corrected chi connectivity index (χ0v) is 17.8. The van der Waals surface area contributed by atoms with Crippen molar-refractivity contribution >= 4 is 35.3 Å². The van der Waals surface area contributed by atoms with Crippen LogP contribution in [0.5, 0.6) is 0 Å². The number of carbonyl (C=O) groups is 2. The molecule has 3 N–H and O–H groups in total. The molecule has 4 aromatic rings. The molecule has 3 aromatic heterocycles. The average Bonchev–Trinajstić information content (AvgIpc) is 3.27. The quantitative estimate of drug-likeness (QED) is 0.148. The van der Waals surface area contributed by atoms with Crippen LogP contribution in [0.2, 0.25) is 0 Å². The van der Waals surface area contributed by atoms with Crippen LogP contribution in [-0.4, -0.2) is 37.9 Å². The van der Waals surface area contributed by atoms with Crippen molar-refractivity contribution in [2.24, 2.45) is 0 Å². The summed E-state index contributed by atoms with van der Waals surface area (Å²) in [5.74, 6) is -0.251. The fraction of sp³-hybridized carbons (Fsp3) is 0.0400. The zero-order chi connectivity index (χ0) is 23.5. The molecule has 0 amide bonds. The standard InChI is InChI=1S/C25H20N6O2/c1-15(14-32)10-19(11-26)23-22(16(2)33)24(27)31-25(30-23)20(13-29-31)18-8-9-21(28-12-18)17-6-4-3-5-7-17/h3-14,26H,1,27H2,2H3/b19-10+,26-11?. The number of Topliss-reactive ketones (excluding diaryl/α,β-unsaturated/α-hetero) is 1. The Morgan fingerprint density at radius 1 is 1.12 bits per heavy atom. The molecule has 8 nitrogen and oxygen atoms in total. The van der Waals surface area contributed by atoms with Crippen molar-refractivity contribution in [1.29, 1.82) is 5.41 Å². The van der Waals surface area contributed by atoms with Gasteiger partial charge in [-0.2, -0.15) is 9.61 Å². The number of nitrogens with zero attached hydrogens (tertiary/aromatic N) is 4. The molecule has 0 aliphatic rings. The molecule has 0 atom stereocenters. The van der Waals surface area contributed by atoms with E-state index in [1.807, 2.05) is 42.5 Å². The Labute approximate surface area is 189 Å². The van der Waals surface area contributed by atoms with E-state index >= 15 is 0 Å². The highest BCUT2D eigenvalue weighted by molar-refractivity contribution is 6.15. The normalized spacial score (nSPS) is 11.4. The van der Waals surface area contributed by atoms with Gasteiger partial charge in [-0.3, -0.25) is 14.6 Å². The van der Waals surface area contributed by atoms with Crippen molar-refractivity contribution < 1.29 is 9.59 Å². The van der Waals surface area contributed by atoms with Crippen molar-refractivity contribution in [2.45, 2.75) is 6.92 Å². The first-order valence-corrected chi connectivity index (χ1v) is 10.0. The lowest BCUT2D eigenvalue weighted by Crippen LogP contribution is -2.13. The second-order valence-electron chi connectivity index (χ2n) is 7.31. The van der Waals surface area contributed by atoms with E-state index in [0.29, 0.717) is 17.5 Å². The highest BCUT2D eigenvalue weighted by atomic mass is 16.1. The van der Waals surface area contributed by atoms with Gasteiger partial charge in [-0.15, -0.1) is 0 Å². The highest BCUT2D eigenvalue weighted by Gasteiger charge is 2.22. The summed E-state index contributed by atoms with van der Waals surface area (Å²) in [6.45, 7) is 4.97. The number of pyridine rings is 1. The molecule has 3 heterocycles. The Kier molecular flexibility index (Phi) is 5.73. The number of hydrogen-bond donors (Lipinski definition) is 2. The number of anilines is 1. The van der Waals surface area contributed by atoms with E-state index in [0.717, 1.165) is 23.0 Å². The minimum absolute atomic E-state index is 0.0899. The van der Waals surface area contributed by atoms with Crippen molar-refractivity contribution in [1.82, 2.24) is 19.6 Å². The highest BCUT2D eigenvalue weighted by Crippen LogP contribution is 2.30. The molecule has 4 rings (SSSR count). The summed E-state index contributed by atoms with van der Waals surface area (Å²) < 4.78 is 1.39. The van der Waals surface area contributed by atoms with Crippen molar-refractivity contribution in [2.75, 3.05) is 5.73 Å². The Hall–Kier alpha value is -4.72. The van der Waals surface area contributed by atoms with Crippen LogP contribution in [0.1, 0.15) is 23.0 Å². The van der Waals surface area contributed by atoms with Gasteiger partial charge in [0.05, 0.1) is 23.1 Å². The van der Waals surface area contributed by atoms with E-state index in [-0.39, 0.29) is 34.0 Å². The number of nitrogens with one attached hydrogen (secondary N) is 1. The number of fused-ring (bicyclic) bond motifs is 1. The summed E-state index contributed by atoms with van der Waals surface area (Å²) in [5, 5.41) is 12.1. The predicted molar refractivity (Wildman–Crippen MR) is 128 cm³/mol. The lowest BCUT2D eigenvalue weighted by atomic mass is 10.0. The summed E-state index contributed by atoms with van der Waals surface area (Å²) in [4.78, 5) is 32.6. The third-order valence-electron chi connectivity index (χ3n) is 5.10. The minimum atomic E-state index is -0.340. The Morgan fingerprint density at radius 3 is 2.48 bits per heavy atom. The Balaban J connectivity index is 1.90. The number of hydrogen-bond acceptors (Lipinski definition) is 7. The van der Waals surface area contributed by atoms with Crippen LogP contribution in [0.25, 0.3) is 33.6 Å². The van der Waals surface area contributed by atoms with E-state index in [2.05, 4.69) is 21.6 Å². The number of rotatable bonds is 7. The molecule has 162 valence electrons. The van der Waals surface area contributed by atoms with Gasteiger partial charge in [0.2, 0.25) is 0 Å². The zero-order valence-electron chi connectivity index (χ0n) is 17.8. The van der Waals surface area contributed by atoms with Gasteiger partial charge in [0, 0.05) is 40.2 Å². The van der Waals surface area contributed by atoms with Crippen molar-refractivity contribution in [3.05, 3.63) is 84.3 Å². The van der Waals surface area contributed by atoms with Gasteiger partial charge >= 0.3 is 0 Å². The third-order valence-corrected chi connectivity index (χ3v) is 5.10. The molecule has 0 bridgehead atoms. The van der Waals surface area contributed by atoms with Crippen LogP contribution in [0.4, 0.5) is 5.82 Å². The molecule has 0 saturated heterocycles. The number of nitrogen functional groups attached to an aromatic ring is 1. The number of allylic oxidation sites excluding steroid dienone is 3. The third kappa shape index (κ3) is 3.97. The van der Waals surface area contributed by atoms with E-state index in [1.54, 1.807) is 12.4 Å². The first-order valence-electron chi connectivity index (χ1n) is 10.0. The lowest BCUT2D eigenvalue weighted by Gasteiger charge is -2.12. The van der Waals surface area contributed by atoms with E-state index in [1.165, 1.54) is 17.5 Å². The molecule has 0 fully saturated rings. The SMILES string of the molecule is C=C(C=O)/C=C(\C=N)c1nc2c(-c3ccc(-c4ccccc4)nc3)cnn2c(N)c1C(C)=O. The van der Waals surface area contributed by atoms with E-state index in [9.17, 15) is 9.59 Å². The van der Waals surface area contributed by atoms with E-state index in [4.69, 9.17) is 11.1 Å². The molecule has 0 unspecified atom stereocenters. The fourth-order valence-electron chi connectivity index (χ4n) is 3.52. The molecule has 0 radical (unpaired) electrons. The number of carbonyl (C=O) groups excluding carboxylic acids is 2. The maximum atomic E-state index is 12.4. The average molecular weight is 436 g/mol. The first-order chi connectivity index (χ1) is 15.9. The second-order valence-corrected chi connectivity index (χ2v) is 7.31. The molecular weight excluding hydrogens is 416 g/mol. The molecule has 1 aromatic carbocycles. The Bertz CT molecular complexity index is 1430. The van der Waals surface area contributed by atoms with E-state index < -0.39 is 0 Å². The van der Waals surface area contributed by atoms with Crippen molar-refractivity contribution in [3.63, 3.8) is 0 Å². The lowest BCUT2D eigenvalue weighted by molar-refractivity contribution is -0.104. The Morgan fingerprint density at radius 2 is 1.88 bits per heavy atom. The first kappa shape index (κ1) is 21.5. The number of ketones is 1. The van der Waals surface area contributed by atoms with Crippen LogP contribution in [0.3, 0.4) is 0 Å². The number of nitrogens with two attached hydrogens (primary N) is 1. The van der Waals surface area contributed by atoms with Crippen LogP contribution in [0, 0.1) is 5.41 Å². The van der Waals surface area contributed by atoms with Gasteiger partial charge in [-0.25, -0.2) is 4.98 Å². The van der Waals surface area contributed by atoms with Crippen molar-refractivity contribution in [3.8, 4) is 22.4 Å². The molecule has 33 heavy (non-hydrogen) atoms. The maximum absolute atomic E-state index is 12.4. The molecule has 0 aliphatic heterocycles. The molecule has 0 aliphatic carbocycles. The van der Waals surface area contributed by atoms with Crippen LogP contribution in [0.15, 0.2) is 73.1 Å². The predicted octanol–water partition coefficient (Wildman–Crippen LogP) is 4.03. The topological polar surface area (TPSA) is 127 Å². The van der Waals surface area contributed by atoms with Gasteiger partial charge in [0.15, 0.2) is 11.4 Å². The molecule has 0 saturated carbocycles. The van der Waals surface area contributed by atoms with Crippen LogP contribution in [-0.2, 0) is 4.79 Å². The summed E-state index contributed by atoms with van der Waals surface area (Å²) >= 11 is 0. The van der Waals surface area contributed by atoms with Crippen LogP contribution < -0.4 is 5.73 Å². The van der Waals surface area contributed by atoms with Gasteiger partial charge in [-0.05, 0) is 19.1 Å². The molecular formula is C25H20N6O2. The second kappa shape index (κ2) is 8.80. The molecule has 8 heteroatoms. The van der Waals surface area contributed by atoms with Gasteiger partial charge in [-0.1, -0.05) is 43.0 Å². The largest absolute Gasteiger partial charge is 0.383 e. The summed E-state index contributed by atoms with van der Waals surface area (Å²) in [6.07, 6.45) is 6.27. The van der Waals surface area contributed by atoms with Crippen LogP contribution >= 0.6 is 0 Å². The molecule has 0 spiro atoms. The van der Waals surface area contributed by atoms with Gasteiger partial charge in [0.25, 0.3) is 0 Å². The van der Waals surface area contributed by atoms with Gasteiger partial charge < -0.3 is 11.1 Å². The summed E-state index contributed by atoms with van der Waals surface area (Å²) in [6, 6.07) is 13.6. The number of benzene rings is 1. The smallest absolute Gasteiger partial charge is 0.165 e. The monoisotopic (exact) mass is 436 g/mol. The number of aromatic nitrogens is 4. The minimum Gasteiger partial charge on any atom is -0.383 e. The van der Waals surface area contributed by atoms with Gasteiger partial charge in [0.1, 0.15) is 12.1 Å². The summed E-state index contributed by atoms with van der Waals surface area (Å²) in [5.41, 5.74) is 10.6. The number of aldehydes is 1. The fourth-order valence-corrected chi connectivity index (χ4v) is 3.52.